The third-order valence-electron chi connectivity index (χ3n) is 5.18. The van der Waals surface area contributed by atoms with Gasteiger partial charge in [-0.25, -0.2) is 0 Å². The lowest BCUT2D eigenvalue weighted by Crippen LogP contribution is -2.50. The fourth-order valence-electron chi connectivity index (χ4n) is 3.48. The first-order valence-corrected chi connectivity index (χ1v) is 10.5. The Bertz CT molecular complexity index is 859. The largest absolute Gasteiger partial charge is 0.497 e. The van der Waals surface area contributed by atoms with E-state index < -0.39 is 6.04 Å². The third kappa shape index (κ3) is 6.34. The molecular weight excluding hydrogens is 376 g/mol. The summed E-state index contributed by atoms with van der Waals surface area (Å²) in [5.41, 5.74) is 4.16. The van der Waals surface area contributed by atoms with Crippen LogP contribution in [0.1, 0.15) is 49.4 Å². The first-order valence-electron chi connectivity index (χ1n) is 10.5. The van der Waals surface area contributed by atoms with Crippen LogP contribution in [0.25, 0.3) is 0 Å². The molecular formula is C25H34N2O3. The molecule has 30 heavy (non-hydrogen) atoms. The molecule has 0 bridgehead atoms. The maximum Gasteiger partial charge on any atom is 0.243 e. The molecule has 0 radical (unpaired) electrons. The molecule has 2 amide bonds. The number of rotatable bonds is 9. The summed E-state index contributed by atoms with van der Waals surface area (Å²) in [7, 11) is 1.62. The van der Waals surface area contributed by atoms with E-state index in [2.05, 4.69) is 5.32 Å². The van der Waals surface area contributed by atoms with Crippen molar-refractivity contribution in [2.24, 2.45) is 0 Å². The Hall–Kier alpha value is -2.82. The van der Waals surface area contributed by atoms with E-state index in [4.69, 9.17) is 4.74 Å². The van der Waals surface area contributed by atoms with Crippen LogP contribution in [0.5, 0.6) is 5.75 Å². The van der Waals surface area contributed by atoms with Crippen molar-refractivity contribution in [3.05, 3.63) is 64.7 Å². The van der Waals surface area contributed by atoms with Crippen LogP contribution < -0.4 is 10.1 Å². The lowest BCUT2D eigenvalue weighted by Gasteiger charge is -2.31. The van der Waals surface area contributed by atoms with Gasteiger partial charge in [-0.2, -0.15) is 0 Å². The van der Waals surface area contributed by atoms with Gasteiger partial charge in [-0.1, -0.05) is 42.8 Å². The second-order valence-electron chi connectivity index (χ2n) is 8.06. The Morgan fingerprint density at radius 3 is 2.30 bits per heavy atom. The molecule has 5 heteroatoms. The molecule has 0 heterocycles. The Kier molecular flexibility index (Phi) is 8.46. The predicted molar refractivity (Wildman–Crippen MR) is 121 cm³/mol. The number of benzene rings is 2. The molecule has 162 valence electrons. The normalized spacial score (nSPS) is 11.8. The Labute approximate surface area is 180 Å². The molecule has 5 nitrogen and oxygen atoms in total. The summed E-state index contributed by atoms with van der Waals surface area (Å²) < 4.78 is 5.23. The Balaban J connectivity index is 2.33. The van der Waals surface area contributed by atoms with Crippen LogP contribution in [-0.2, 0) is 22.6 Å². The number of ether oxygens (including phenoxy) is 1. The summed E-state index contributed by atoms with van der Waals surface area (Å²) >= 11 is 0. The standard InChI is InChI=1S/C25H34N2O3/c1-7-23(25(29)26-17(2)3)27(16-20-10-12-22(30-6)13-11-20)24(28)15-21-14-18(4)8-9-19(21)5/h8-14,17,23H,7,15-16H2,1-6H3,(H,26,29)/t23-/m1/s1. The lowest BCUT2D eigenvalue weighted by atomic mass is 10.0. The van der Waals surface area contributed by atoms with Gasteiger partial charge in [-0.05, 0) is 62.9 Å². The third-order valence-corrected chi connectivity index (χ3v) is 5.18. The van der Waals surface area contributed by atoms with Gasteiger partial charge in [-0.15, -0.1) is 0 Å². The van der Waals surface area contributed by atoms with Crippen LogP contribution in [0.4, 0.5) is 0 Å². The van der Waals surface area contributed by atoms with Gasteiger partial charge in [0.1, 0.15) is 11.8 Å². The number of methoxy groups -OCH3 is 1. The molecule has 0 unspecified atom stereocenters. The first-order chi connectivity index (χ1) is 14.2. The fraction of sp³-hybridized carbons (Fsp3) is 0.440. The molecule has 2 aromatic carbocycles. The van der Waals surface area contributed by atoms with Crippen molar-refractivity contribution in [3.8, 4) is 5.75 Å². The second-order valence-corrected chi connectivity index (χ2v) is 8.06. The van der Waals surface area contributed by atoms with Crippen LogP contribution >= 0.6 is 0 Å². The molecule has 1 N–H and O–H groups in total. The number of amides is 2. The Morgan fingerprint density at radius 1 is 1.07 bits per heavy atom. The zero-order chi connectivity index (χ0) is 22.3. The highest BCUT2D eigenvalue weighted by atomic mass is 16.5. The van der Waals surface area contributed by atoms with Crippen molar-refractivity contribution >= 4 is 11.8 Å². The number of nitrogens with one attached hydrogen (secondary N) is 1. The van der Waals surface area contributed by atoms with E-state index in [-0.39, 0.29) is 24.3 Å². The smallest absolute Gasteiger partial charge is 0.243 e. The molecule has 2 aromatic rings. The average Bonchev–Trinajstić information content (AvgIpc) is 2.70. The fourth-order valence-corrected chi connectivity index (χ4v) is 3.48. The molecule has 0 saturated heterocycles. The highest BCUT2D eigenvalue weighted by molar-refractivity contribution is 5.88. The number of nitrogens with zero attached hydrogens (tertiary/aromatic N) is 1. The quantitative estimate of drug-likeness (QED) is 0.674. The number of aryl methyl sites for hydroxylation is 2. The molecule has 0 aliphatic carbocycles. The van der Waals surface area contributed by atoms with Gasteiger partial charge in [0.15, 0.2) is 0 Å². The van der Waals surface area contributed by atoms with Crippen molar-refractivity contribution in [1.82, 2.24) is 10.2 Å². The van der Waals surface area contributed by atoms with Crippen LogP contribution in [0, 0.1) is 13.8 Å². The maximum absolute atomic E-state index is 13.4. The van der Waals surface area contributed by atoms with E-state index in [1.165, 1.54) is 0 Å². The van der Waals surface area contributed by atoms with E-state index in [0.717, 1.165) is 28.0 Å². The molecule has 0 aromatic heterocycles. The number of hydrogen-bond acceptors (Lipinski definition) is 3. The number of hydrogen-bond donors (Lipinski definition) is 1. The average molecular weight is 411 g/mol. The van der Waals surface area contributed by atoms with Gasteiger partial charge in [0.25, 0.3) is 0 Å². The lowest BCUT2D eigenvalue weighted by molar-refractivity contribution is -0.141. The summed E-state index contributed by atoms with van der Waals surface area (Å²) in [5.74, 6) is 0.595. The van der Waals surface area contributed by atoms with Crippen LogP contribution in [0.2, 0.25) is 0 Å². The summed E-state index contributed by atoms with van der Waals surface area (Å²) in [6.45, 7) is 10.2. The highest BCUT2D eigenvalue weighted by Crippen LogP contribution is 2.19. The minimum atomic E-state index is -0.521. The minimum absolute atomic E-state index is 0.0171. The second kappa shape index (κ2) is 10.8. The molecule has 1 atom stereocenters. The molecule has 0 fully saturated rings. The van der Waals surface area contributed by atoms with E-state index >= 15 is 0 Å². The molecule has 0 spiro atoms. The SMILES string of the molecule is CC[C@H](C(=O)NC(C)C)N(Cc1ccc(OC)cc1)C(=O)Cc1cc(C)ccc1C. The summed E-state index contributed by atoms with van der Waals surface area (Å²) in [5, 5.41) is 2.96. The predicted octanol–water partition coefficient (Wildman–Crippen LogP) is 4.19. The monoisotopic (exact) mass is 410 g/mol. The van der Waals surface area contributed by atoms with E-state index in [0.29, 0.717) is 13.0 Å². The minimum Gasteiger partial charge on any atom is -0.497 e. The first kappa shape index (κ1) is 23.5. The van der Waals surface area contributed by atoms with Crippen LogP contribution in [-0.4, -0.2) is 35.9 Å². The molecule has 0 saturated carbocycles. The van der Waals surface area contributed by atoms with E-state index in [1.54, 1.807) is 12.0 Å². The maximum atomic E-state index is 13.4. The van der Waals surface area contributed by atoms with Crippen molar-refractivity contribution < 1.29 is 14.3 Å². The highest BCUT2D eigenvalue weighted by Gasteiger charge is 2.29. The summed E-state index contributed by atoms with van der Waals surface area (Å²) in [6.07, 6.45) is 0.822. The van der Waals surface area contributed by atoms with Crippen molar-refractivity contribution in [3.63, 3.8) is 0 Å². The van der Waals surface area contributed by atoms with Crippen molar-refractivity contribution in [2.45, 2.75) is 66.1 Å². The van der Waals surface area contributed by atoms with Gasteiger partial charge >= 0.3 is 0 Å². The van der Waals surface area contributed by atoms with Gasteiger partial charge < -0.3 is 15.0 Å². The van der Waals surface area contributed by atoms with Gasteiger partial charge in [-0.3, -0.25) is 9.59 Å². The van der Waals surface area contributed by atoms with Crippen molar-refractivity contribution in [1.29, 1.82) is 0 Å². The van der Waals surface area contributed by atoms with E-state index in [9.17, 15) is 9.59 Å². The van der Waals surface area contributed by atoms with Gasteiger partial charge in [0.05, 0.1) is 13.5 Å². The molecule has 0 aliphatic rings. The Morgan fingerprint density at radius 2 is 1.73 bits per heavy atom. The van der Waals surface area contributed by atoms with Gasteiger partial charge in [0, 0.05) is 12.6 Å². The van der Waals surface area contributed by atoms with Gasteiger partial charge in [0.2, 0.25) is 11.8 Å². The van der Waals surface area contributed by atoms with E-state index in [1.807, 2.05) is 77.1 Å². The number of carbonyl (C=O) groups is 2. The molecule has 0 aliphatic heterocycles. The zero-order valence-corrected chi connectivity index (χ0v) is 19.0. The van der Waals surface area contributed by atoms with Crippen LogP contribution in [0.15, 0.2) is 42.5 Å². The van der Waals surface area contributed by atoms with Crippen LogP contribution in [0.3, 0.4) is 0 Å². The zero-order valence-electron chi connectivity index (χ0n) is 19.0. The van der Waals surface area contributed by atoms with Crippen molar-refractivity contribution in [2.75, 3.05) is 7.11 Å². The summed E-state index contributed by atoms with van der Waals surface area (Å²) in [4.78, 5) is 28.0. The number of carbonyl (C=O) groups excluding carboxylic acids is 2. The summed E-state index contributed by atoms with van der Waals surface area (Å²) in [6, 6.07) is 13.2. The topological polar surface area (TPSA) is 58.6 Å². The molecule has 2 rings (SSSR count).